The van der Waals surface area contributed by atoms with Crippen molar-refractivity contribution in [3.63, 3.8) is 0 Å². The van der Waals surface area contributed by atoms with Crippen LogP contribution in [0.2, 0.25) is 0 Å². The number of carbonyl (C=O) groups is 3. The Morgan fingerprint density at radius 3 is 2.77 bits per heavy atom. The lowest BCUT2D eigenvalue weighted by Crippen LogP contribution is -2.37. The number of nitrogens with one attached hydrogen (secondary N) is 1. The molecular formula is C23H21FN2O3S. The summed E-state index contributed by atoms with van der Waals surface area (Å²) in [6.07, 6.45) is 3.72. The Hall–Kier alpha value is -2.93. The number of thioether (sulfide) groups is 1. The summed E-state index contributed by atoms with van der Waals surface area (Å²) in [6.45, 7) is 0.282. The van der Waals surface area contributed by atoms with Crippen molar-refractivity contribution in [3.8, 4) is 0 Å². The number of aryl methyl sites for hydroxylation is 1. The summed E-state index contributed by atoms with van der Waals surface area (Å²) in [5, 5.41) is 2.39. The Bertz CT molecular complexity index is 1040. The minimum Gasteiger partial charge on any atom is -0.354 e. The van der Waals surface area contributed by atoms with Crippen LogP contribution in [0.25, 0.3) is 6.08 Å². The number of fused-ring (bicyclic) bond motifs is 1. The van der Waals surface area contributed by atoms with Gasteiger partial charge in [-0.05, 0) is 53.8 Å². The van der Waals surface area contributed by atoms with Crippen LogP contribution in [0.3, 0.4) is 0 Å². The number of rotatable bonds is 6. The van der Waals surface area contributed by atoms with Gasteiger partial charge >= 0.3 is 0 Å². The van der Waals surface area contributed by atoms with Gasteiger partial charge in [-0.3, -0.25) is 19.3 Å². The highest BCUT2D eigenvalue weighted by molar-refractivity contribution is 8.18. The highest BCUT2D eigenvalue weighted by atomic mass is 32.2. The topological polar surface area (TPSA) is 66.5 Å². The van der Waals surface area contributed by atoms with Crippen LogP contribution in [-0.4, -0.2) is 35.0 Å². The summed E-state index contributed by atoms with van der Waals surface area (Å²) in [6, 6.07) is 14.2. The van der Waals surface area contributed by atoms with Gasteiger partial charge in [0.25, 0.3) is 11.1 Å². The fraction of sp³-hybridized carbons (Fsp3) is 0.261. The SMILES string of the molecule is O=C(CC1CCc2ccccc21)NCCN1C(=O)S/C(=C/c2ccccc2F)C1=O. The summed E-state index contributed by atoms with van der Waals surface area (Å²) in [4.78, 5) is 38.3. The van der Waals surface area contributed by atoms with Gasteiger partial charge in [0.15, 0.2) is 0 Å². The van der Waals surface area contributed by atoms with Crippen LogP contribution < -0.4 is 5.32 Å². The average Bonchev–Trinajstić information content (AvgIpc) is 3.25. The molecule has 1 aliphatic heterocycles. The highest BCUT2D eigenvalue weighted by Gasteiger charge is 2.35. The predicted molar refractivity (Wildman–Crippen MR) is 114 cm³/mol. The summed E-state index contributed by atoms with van der Waals surface area (Å²) in [5.41, 5.74) is 2.79. The van der Waals surface area contributed by atoms with E-state index in [1.54, 1.807) is 18.2 Å². The van der Waals surface area contributed by atoms with Crippen molar-refractivity contribution in [1.29, 1.82) is 0 Å². The first-order chi connectivity index (χ1) is 14.5. The Morgan fingerprint density at radius 2 is 1.93 bits per heavy atom. The number of imide groups is 1. The van der Waals surface area contributed by atoms with Crippen molar-refractivity contribution in [1.82, 2.24) is 10.2 Å². The third-order valence-corrected chi connectivity index (χ3v) is 6.32. The van der Waals surface area contributed by atoms with E-state index in [0.29, 0.717) is 6.42 Å². The molecule has 1 N–H and O–H groups in total. The largest absolute Gasteiger partial charge is 0.354 e. The van der Waals surface area contributed by atoms with E-state index in [2.05, 4.69) is 17.4 Å². The molecule has 0 radical (unpaired) electrons. The smallest absolute Gasteiger partial charge is 0.293 e. The van der Waals surface area contributed by atoms with E-state index < -0.39 is 17.0 Å². The zero-order valence-corrected chi connectivity index (χ0v) is 17.1. The second kappa shape index (κ2) is 8.83. The molecule has 2 aromatic rings. The van der Waals surface area contributed by atoms with Crippen molar-refractivity contribution in [3.05, 3.63) is 75.9 Å². The molecule has 7 heteroatoms. The minimum absolute atomic E-state index is 0.0896. The fourth-order valence-corrected chi connectivity index (χ4v) is 4.74. The standard InChI is InChI=1S/C23H21FN2O3S/c24-19-8-4-2-6-17(19)13-20-22(28)26(23(29)30-20)12-11-25-21(27)14-16-10-9-15-5-1-3-7-18(15)16/h1-8,13,16H,9-12,14H2,(H,25,27)/b20-13+. The molecule has 0 bridgehead atoms. The van der Waals surface area contributed by atoms with Crippen LogP contribution in [-0.2, 0) is 16.0 Å². The lowest BCUT2D eigenvalue weighted by atomic mass is 9.97. The van der Waals surface area contributed by atoms with Crippen LogP contribution in [0, 0.1) is 5.82 Å². The van der Waals surface area contributed by atoms with E-state index in [-0.39, 0.29) is 35.4 Å². The second-order valence-corrected chi connectivity index (χ2v) is 8.34. The zero-order chi connectivity index (χ0) is 21.1. The van der Waals surface area contributed by atoms with E-state index in [1.807, 2.05) is 12.1 Å². The molecule has 1 fully saturated rings. The van der Waals surface area contributed by atoms with Gasteiger partial charge in [-0.25, -0.2) is 4.39 Å². The maximum atomic E-state index is 13.8. The molecule has 1 saturated heterocycles. The molecule has 2 aromatic carbocycles. The summed E-state index contributed by atoms with van der Waals surface area (Å²) < 4.78 is 13.8. The van der Waals surface area contributed by atoms with Crippen LogP contribution in [0.1, 0.15) is 35.4 Å². The van der Waals surface area contributed by atoms with E-state index >= 15 is 0 Å². The monoisotopic (exact) mass is 424 g/mol. The Balaban J connectivity index is 1.30. The summed E-state index contributed by atoms with van der Waals surface area (Å²) in [7, 11) is 0. The number of hydrogen-bond donors (Lipinski definition) is 1. The van der Waals surface area contributed by atoms with Gasteiger partial charge in [-0.2, -0.15) is 0 Å². The fourth-order valence-electron chi connectivity index (χ4n) is 3.89. The second-order valence-electron chi connectivity index (χ2n) is 7.34. The van der Waals surface area contributed by atoms with Crippen molar-refractivity contribution in [2.45, 2.75) is 25.2 Å². The molecule has 0 aromatic heterocycles. The minimum atomic E-state index is -0.466. The number of hydrogen-bond acceptors (Lipinski definition) is 4. The van der Waals surface area contributed by atoms with Gasteiger partial charge in [0.1, 0.15) is 5.82 Å². The average molecular weight is 424 g/mol. The molecule has 1 atom stereocenters. The molecule has 1 heterocycles. The van der Waals surface area contributed by atoms with Crippen molar-refractivity contribution < 1.29 is 18.8 Å². The molecule has 5 nitrogen and oxygen atoms in total. The summed E-state index contributed by atoms with van der Waals surface area (Å²) >= 11 is 0.782. The third-order valence-electron chi connectivity index (χ3n) is 5.41. The molecule has 0 spiro atoms. The van der Waals surface area contributed by atoms with E-state index in [9.17, 15) is 18.8 Å². The number of amides is 3. The third kappa shape index (κ3) is 4.31. The van der Waals surface area contributed by atoms with Gasteiger partial charge in [-0.15, -0.1) is 0 Å². The van der Waals surface area contributed by atoms with Crippen molar-refractivity contribution >= 4 is 34.9 Å². The van der Waals surface area contributed by atoms with Crippen LogP contribution in [0.15, 0.2) is 53.4 Å². The van der Waals surface area contributed by atoms with E-state index in [1.165, 1.54) is 23.3 Å². The molecule has 30 heavy (non-hydrogen) atoms. The van der Waals surface area contributed by atoms with Crippen molar-refractivity contribution in [2.75, 3.05) is 13.1 Å². The van der Waals surface area contributed by atoms with Gasteiger partial charge < -0.3 is 5.32 Å². The first-order valence-electron chi connectivity index (χ1n) is 9.87. The number of benzene rings is 2. The van der Waals surface area contributed by atoms with E-state index in [4.69, 9.17) is 0 Å². The molecule has 154 valence electrons. The predicted octanol–water partition coefficient (Wildman–Crippen LogP) is 4.10. The van der Waals surface area contributed by atoms with Crippen LogP contribution in [0.5, 0.6) is 0 Å². The Morgan fingerprint density at radius 1 is 1.17 bits per heavy atom. The number of halogens is 1. The molecule has 3 amide bonds. The maximum absolute atomic E-state index is 13.8. The van der Waals surface area contributed by atoms with Crippen molar-refractivity contribution in [2.24, 2.45) is 0 Å². The van der Waals surface area contributed by atoms with E-state index in [0.717, 1.165) is 29.5 Å². The molecule has 0 saturated carbocycles. The molecular weight excluding hydrogens is 403 g/mol. The van der Waals surface area contributed by atoms with Crippen LogP contribution in [0.4, 0.5) is 9.18 Å². The molecule has 2 aliphatic rings. The Kier molecular flexibility index (Phi) is 5.99. The quantitative estimate of drug-likeness (QED) is 0.709. The first kappa shape index (κ1) is 20.3. The van der Waals surface area contributed by atoms with Crippen LogP contribution >= 0.6 is 11.8 Å². The number of nitrogens with zero attached hydrogens (tertiary/aromatic N) is 1. The molecule has 4 rings (SSSR count). The first-order valence-corrected chi connectivity index (χ1v) is 10.7. The normalized spacial score (nSPS) is 19.4. The lowest BCUT2D eigenvalue weighted by molar-refractivity contribution is -0.124. The Labute approximate surface area is 178 Å². The maximum Gasteiger partial charge on any atom is 0.293 e. The van der Waals surface area contributed by atoms with Gasteiger partial charge in [-0.1, -0.05) is 42.5 Å². The number of carbonyl (C=O) groups excluding carboxylic acids is 3. The van der Waals surface area contributed by atoms with Gasteiger partial charge in [0.2, 0.25) is 5.91 Å². The molecule has 1 aliphatic carbocycles. The highest BCUT2D eigenvalue weighted by Crippen LogP contribution is 2.35. The zero-order valence-electron chi connectivity index (χ0n) is 16.3. The molecule has 1 unspecified atom stereocenters. The van der Waals surface area contributed by atoms with Gasteiger partial charge in [0, 0.05) is 25.1 Å². The summed E-state index contributed by atoms with van der Waals surface area (Å²) in [5.74, 6) is -0.801. The van der Waals surface area contributed by atoms with Gasteiger partial charge in [0.05, 0.1) is 4.91 Å². The lowest BCUT2D eigenvalue weighted by Gasteiger charge is -2.15.